The molecule has 0 aliphatic heterocycles. The highest BCUT2D eigenvalue weighted by molar-refractivity contribution is 7.75. The Labute approximate surface area is 171 Å². The lowest BCUT2D eigenvalue weighted by molar-refractivity contribution is 0.401. The quantitative estimate of drug-likeness (QED) is 0.424. The van der Waals surface area contributed by atoms with E-state index in [1.54, 1.807) is 24.3 Å². The number of nitriles is 1. The molecular weight excluding hydrogens is 409 g/mol. The number of aromatic nitrogens is 1. The zero-order chi connectivity index (χ0) is 19.6. The van der Waals surface area contributed by atoms with E-state index in [4.69, 9.17) is 36.9 Å². The van der Waals surface area contributed by atoms with Crippen LogP contribution in [0.25, 0.3) is 10.9 Å². The minimum atomic E-state index is 0.328. The molecule has 0 saturated heterocycles. The van der Waals surface area contributed by atoms with Crippen LogP contribution in [0.1, 0.15) is 5.56 Å². The van der Waals surface area contributed by atoms with Crippen molar-refractivity contribution in [2.75, 3.05) is 19.5 Å². The lowest BCUT2D eigenvalue weighted by atomic mass is 10.1. The van der Waals surface area contributed by atoms with Gasteiger partial charge in [0.05, 0.1) is 46.7 Å². The number of pyridine rings is 1. The highest BCUT2D eigenvalue weighted by atomic mass is 35.5. The molecule has 1 heterocycles. The number of anilines is 2. The van der Waals surface area contributed by atoms with Crippen LogP contribution in [0.15, 0.2) is 30.5 Å². The highest BCUT2D eigenvalue weighted by Crippen LogP contribution is 2.40. The van der Waals surface area contributed by atoms with Crippen LogP contribution in [0, 0.1) is 11.3 Å². The molecule has 6 nitrogen and oxygen atoms in total. The molecule has 3 rings (SSSR count). The monoisotopic (exact) mass is 421 g/mol. The zero-order valence-corrected chi connectivity index (χ0v) is 16.6. The summed E-state index contributed by atoms with van der Waals surface area (Å²) in [5.41, 5.74) is 1.95. The number of hydrogen-bond donors (Lipinski definition) is 2. The number of nitrogens with zero attached hydrogens (tertiary/aromatic N) is 2. The van der Waals surface area contributed by atoms with Crippen LogP contribution in [0.2, 0.25) is 10.0 Å². The molecule has 0 fully saturated rings. The summed E-state index contributed by atoms with van der Waals surface area (Å²) in [6.07, 6.45) is 1.46. The molecule has 0 radical (unpaired) electrons. The lowest BCUT2D eigenvalue weighted by Crippen LogP contribution is -1.99. The van der Waals surface area contributed by atoms with Crippen LogP contribution in [0.5, 0.6) is 17.2 Å². The van der Waals surface area contributed by atoms with Crippen LogP contribution >= 0.6 is 36.1 Å². The number of rotatable bonds is 5. The van der Waals surface area contributed by atoms with Crippen LogP contribution in [0.3, 0.4) is 0 Å². The van der Waals surface area contributed by atoms with Gasteiger partial charge in [-0.05, 0) is 12.1 Å². The van der Waals surface area contributed by atoms with E-state index in [0.717, 1.165) is 0 Å². The van der Waals surface area contributed by atoms with Crippen molar-refractivity contribution in [1.29, 1.82) is 5.26 Å². The summed E-state index contributed by atoms with van der Waals surface area (Å²) in [6, 6.07) is 8.71. The summed E-state index contributed by atoms with van der Waals surface area (Å²) in [5, 5.41) is 14.1. The van der Waals surface area contributed by atoms with Crippen LogP contribution in [-0.2, 0) is 0 Å². The number of benzene rings is 2. The summed E-state index contributed by atoms with van der Waals surface area (Å²) < 4.78 is 15.6. The Morgan fingerprint density at radius 2 is 1.78 bits per heavy atom. The summed E-state index contributed by atoms with van der Waals surface area (Å²) in [5.74, 6) is 1.30. The minimum Gasteiger partial charge on any atom is -0.495 e. The summed E-state index contributed by atoms with van der Waals surface area (Å²) in [4.78, 5) is 4.30. The second kappa shape index (κ2) is 8.01. The minimum absolute atomic E-state index is 0.328. The first kappa shape index (κ1) is 19.2. The number of halogens is 2. The molecule has 3 aromatic rings. The average Bonchev–Trinajstić information content (AvgIpc) is 2.68. The number of fused-ring (bicyclic) bond motifs is 1. The first-order chi connectivity index (χ1) is 13.0. The molecule has 2 aromatic carbocycles. The Kier molecular flexibility index (Phi) is 5.71. The van der Waals surface area contributed by atoms with E-state index in [-0.39, 0.29) is 0 Å². The number of methoxy groups -OCH3 is 2. The van der Waals surface area contributed by atoms with E-state index in [1.165, 1.54) is 20.4 Å². The van der Waals surface area contributed by atoms with Crippen molar-refractivity contribution in [3.05, 3.63) is 46.1 Å². The molecule has 0 unspecified atom stereocenters. The van der Waals surface area contributed by atoms with Crippen molar-refractivity contribution in [2.24, 2.45) is 0 Å². The second-order valence-electron chi connectivity index (χ2n) is 5.36. The van der Waals surface area contributed by atoms with Gasteiger partial charge < -0.3 is 19.0 Å². The number of hydrogen-bond acceptors (Lipinski definition) is 7. The van der Waals surface area contributed by atoms with Gasteiger partial charge in [-0.25, -0.2) is 0 Å². The Balaban J connectivity index is 2.22. The van der Waals surface area contributed by atoms with Gasteiger partial charge in [-0.2, -0.15) is 5.26 Å². The van der Waals surface area contributed by atoms with Gasteiger partial charge in [0.25, 0.3) is 0 Å². The Hall–Kier alpha value is -2.53. The molecule has 1 N–H and O–H groups in total. The van der Waals surface area contributed by atoms with Gasteiger partial charge >= 0.3 is 0 Å². The first-order valence-corrected chi connectivity index (χ1v) is 8.66. The summed E-state index contributed by atoms with van der Waals surface area (Å²) in [7, 11) is 3.01. The molecule has 138 valence electrons. The molecular formula is C18H13Cl2N3O3S. The smallest absolute Gasteiger partial charge is 0.180 e. The lowest BCUT2D eigenvalue weighted by Gasteiger charge is -2.15. The topological polar surface area (TPSA) is 76.4 Å². The maximum Gasteiger partial charge on any atom is 0.180 e. The van der Waals surface area contributed by atoms with E-state index in [1.807, 2.05) is 0 Å². The van der Waals surface area contributed by atoms with E-state index >= 15 is 0 Å². The Morgan fingerprint density at radius 3 is 2.41 bits per heavy atom. The molecule has 0 aliphatic carbocycles. The Morgan fingerprint density at radius 1 is 1.04 bits per heavy atom. The molecule has 0 spiro atoms. The summed E-state index contributed by atoms with van der Waals surface area (Å²) in [6.45, 7) is 0. The van der Waals surface area contributed by atoms with Crippen molar-refractivity contribution < 1.29 is 13.7 Å². The van der Waals surface area contributed by atoms with Crippen molar-refractivity contribution in [1.82, 2.24) is 4.98 Å². The average molecular weight is 422 g/mol. The molecule has 1 aromatic heterocycles. The molecule has 27 heavy (non-hydrogen) atoms. The third-order valence-corrected chi connectivity index (χ3v) is 4.68. The number of ether oxygens (including phenoxy) is 2. The van der Waals surface area contributed by atoms with Crippen LogP contribution < -0.4 is 19.0 Å². The van der Waals surface area contributed by atoms with Gasteiger partial charge in [0.2, 0.25) is 0 Å². The van der Waals surface area contributed by atoms with Crippen molar-refractivity contribution in [3.63, 3.8) is 0 Å². The third-order valence-electron chi connectivity index (χ3n) is 3.87. The molecule has 0 saturated carbocycles. The highest BCUT2D eigenvalue weighted by Gasteiger charge is 2.16. The second-order valence-corrected chi connectivity index (χ2v) is 6.36. The molecule has 0 bridgehead atoms. The maximum atomic E-state index is 9.52. The zero-order valence-electron chi connectivity index (χ0n) is 14.2. The first-order valence-electron chi connectivity index (χ1n) is 7.54. The van der Waals surface area contributed by atoms with Crippen molar-refractivity contribution >= 4 is 58.4 Å². The van der Waals surface area contributed by atoms with Gasteiger partial charge in [0, 0.05) is 36.6 Å². The molecule has 0 aliphatic rings. The van der Waals surface area contributed by atoms with Crippen molar-refractivity contribution in [3.8, 4) is 23.3 Å². The molecule has 0 amide bonds. The predicted octanol–water partition coefficient (Wildman–Crippen LogP) is 5.40. The van der Waals surface area contributed by atoms with E-state index in [2.05, 4.69) is 29.3 Å². The maximum absolute atomic E-state index is 9.52. The summed E-state index contributed by atoms with van der Waals surface area (Å²) >= 11 is 16.2. The van der Waals surface area contributed by atoms with Gasteiger partial charge in [0.15, 0.2) is 11.5 Å². The predicted molar refractivity (Wildman–Crippen MR) is 109 cm³/mol. The third kappa shape index (κ3) is 3.65. The van der Waals surface area contributed by atoms with Crippen molar-refractivity contribution in [2.45, 2.75) is 0 Å². The van der Waals surface area contributed by atoms with Crippen LogP contribution in [0.4, 0.5) is 11.4 Å². The fraction of sp³-hybridized carbons (Fsp3) is 0.111. The number of nitrogens with one attached hydrogen (secondary N) is 1. The van der Waals surface area contributed by atoms with E-state index < -0.39 is 0 Å². The fourth-order valence-electron chi connectivity index (χ4n) is 2.57. The largest absolute Gasteiger partial charge is 0.495 e. The Bertz CT molecular complexity index is 1070. The molecule has 9 heteroatoms. The van der Waals surface area contributed by atoms with Gasteiger partial charge in [-0.1, -0.05) is 23.2 Å². The standard InChI is InChI=1S/C18H13Cl2N3O3S/c1-24-15-6-14(11(19)4-12(15)20)23-18-9(7-21)8-22-13-5-17(26-27)16(25-2)3-10(13)18/h3-6,8,27H,1-2H3,(H,22,23). The van der Waals surface area contributed by atoms with Gasteiger partial charge in [-0.15, -0.1) is 0 Å². The van der Waals surface area contributed by atoms with Gasteiger partial charge in [0.1, 0.15) is 11.8 Å². The van der Waals surface area contributed by atoms with E-state index in [0.29, 0.717) is 55.1 Å². The molecule has 0 atom stereocenters. The SMILES string of the molecule is COc1cc(Nc2c(C#N)cnc3cc(OS)c(OC)cc23)c(Cl)cc1Cl. The van der Waals surface area contributed by atoms with Gasteiger partial charge in [-0.3, -0.25) is 4.98 Å². The van der Waals surface area contributed by atoms with E-state index in [9.17, 15) is 5.26 Å². The normalized spacial score (nSPS) is 10.4. The number of thiol groups is 1. The fourth-order valence-corrected chi connectivity index (χ4v) is 3.22. The van der Waals surface area contributed by atoms with Crippen LogP contribution in [-0.4, -0.2) is 19.2 Å².